The first-order chi connectivity index (χ1) is 14.0. The van der Waals surface area contributed by atoms with Crippen LogP contribution in [0.2, 0.25) is 0 Å². The van der Waals surface area contributed by atoms with Gasteiger partial charge in [0, 0.05) is 31.0 Å². The second-order valence-corrected chi connectivity index (χ2v) is 7.03. The van der Waals surface area contributed by atoms with Crippen LogP contribution in [-0.4, -0.2) is 48.6 Å². The number of aliphatic hydroxyl groups excluding tert-OH is 1. The quantitative estimate of drug-likeness (QED) is 0.665. The maximum Gasteiger partial charge on any atom is 0.410 e. The van der Waals surface area contributed by atoms with Crippen LogP contribution in [0.4, 0.5) is 13.6 Å². The third-order valence-corrected chi connectivity index (χ3v) is 5.12. The maximum atomic E-state index is 14.0. The molecule has 1 amide bonds. The molecule has 7 heteroatoms. The number of aliphatic hydroxyl groups is 1. The molecule has 0 radical (unpaired) electrons. The number of rotatable bonds is 8. The predicted octanol–water partition coefficient (Wildman–Crippen LogP) is 4.30. The Kier molecular flexibility index (Phi) is 7.17. The summed E-state index contributed by atoms with van der Waals surface area (Å²) in [5.74, 6) is -1.22. The van der Waals surface area contributed by atoms with E-state index in [0.29, 0.717) is 37.1 Å². The number of amides is 1. The van der Waals surface area contributed by atoms with E-state index in [4.69, 9.17) is 14.6 Å². The van der Waals surface area contributed by atoms with E-state index in [9.17, 15) is 13.6 Å². The second-order valence-electron chi connectivity index (χ2n) is 7.03. The molecule has 1 aliphatic heterocycles. The fourth-order valence-electron chi connectivity index (χ4n) is 3.42. The summed E-state index contributed by atoms with van der Waals surface area (Å²) >= 11 is 0. The lowest BCUT2D eigenvalue weighted by Gasteiger charge is -2.35. The predicted molar refractivity (Wildman–Crippen MR) is 104 cm³/mol. The largest absolute Gasteiger partial charge is 0.446 e. The van der Waals surface area contributed by atoms with Gasteiger partial charge < -0.3 is 19.5 Å². The minimum Gasteiger partial charge on any atom is -0.446 e. The summed E-state index contributed by atoms with van der Waals surface area (Å²) in [6.07, 6.45) is 0.751. The SMILES string of the molecule is CC(c1ccc(-c2ccc(F)cc2F)cc1)N1CCC(CCOCCO)OC1=O. The van der Waals surface area contributed by atoms with Crippen molar-refractivity contribution in [3.63, 3.8) is 0 Å². The lowest BCUT2D eigenvalue weighted by Crippen LogP contribution is -2.43. The van der Waals surface area contributed by atoms with Crippen molar-refractivity contribution in [1.82, 2.24) is 4.90 Å². The number of carbonyl (C=O) groups is 1. The maximum absolute atomic E-state index is 14.0. The van der Waals surface area contributed by atoms with Crippen LogP contribution >= 0.6 is 0 Å². The van der Waals surface area contributed by atoms with Crippen molar-refractivity contribution in [3.8, 4) is 11.1 Å². The first kappa shape index (κ1) is 21.2. The zero-order valence-corrected chi connectivity index (χ0v) is 16.3. The van der Waals surface area contributed by atoms with Crippen molar-refractivity contribution in [1.29, 1.82) is 0 Å². The van der Waals surface area contributed by atoms with Crippen LogP contribution in [0, 0.1) is 11.6 Å². The average Bonchev–Trinajstić information content (AvgIpc) is 2.71. The van der Waals surface area contributed by atoms with E-state index >= 15 is 0 Å². The molecule has 5 nitrogen and oxygen atoms in total. The van der Waals surface area contributed by atoms with Gasteiger partial charge >= 0.3 is 6.09 Å². The topological polar surface area (TPSA) is 59.0 Å². The number of carbonyl (C=O) groups excluding carboxylic acids is 1. The Hall–Kier alpha value is -2.51. The second kappa shape index (κ2) is 9.80. The summed E-state index contributed by atoms with van der Waals surface area (Å²) < 4.78 is 37.8. The highest BCUT2D eigenvalue weighted by Crippen LogP contribution is 2.29. The van der Waals surface area contributed by atoms with E-state index in [-0.39, 0.29) is 31.5 Å². The summed E-state index contributed by atoms with van der Waals surface area (Å²) in [5.41, 5.74) is 1.87. The fourth-order valence-corrected chi connectivity index (χ4v) is 3.42. The molecule has 156 valence electrons. The van der Waals surface area contributed by atoms with Gasteiger partial charge in [-0.15, -0.1) is 0 Å². The molecule has 1 fully saturated rings. The van der Waals surface area contributed by atoms with Gasteiger partial charge in [-0.1, -0.05) is 24.3 Å². The molecule has 1 heterocycles. The van der Waals surface area contributed by atoms with E-state index in [1.807, 2.05) is 19.1 Å². The Morgan fingerprint density at radius 3 is 2.62 bits per heavy atom. The Morgan fingerprint density at radius 1 is 1.21 bits per heavy atom. The minimum absolute atomic E-state index is 0.0255. The molecule has 0 saturated carbocycles. The van der Waals surface area contributed by atoms with Crippen molar-refractivity contribution < 1.29 is 28.2 Å². The van der Waals surface area contributed by atoms with Crippen molar-refractivity contribution >= 4 is 6.09 Å². The van der Waals surface area contributed by atoms with Crippen LogP contribution in [-0.2, 0) is 9.47 Å². The van der Waals surface area contributed by atoms with Gasteiger partial charge in [0.25, 0.3) is 0 Å². The van der Waals surface area contributed by atoms with Crippen LogP contribution in [0.15, 0.2) is 42.5 Å². The van der Waals surface area contributed by atoms with E-state index in [2.05, 4.69) is 0 Å². The number of cyclic esters (lactones) is 1. The molecule has 0 aliphatic carbocycles. The summed E-state index contributed by atoms with van der Waals surface area (Å²) in [4.78, 5) is 14.1. The van der Waals surface area contributed by atoms with E-state index < -0.39 is 11.6 Å². The summed E-state index contributed by atoms with van der Waals surface area (Å²) in [7, 11) is 0. The van der Waals surface area contributed by atoms with Crippen molar-refractivity contribution in [2.45, 2.75) is 31.9 Å². The lowest BCUT2D eigenvalue weighted by atomic mass is 10.00. The van der Waals surface area contributed by atoms with Crippen molar-refractivity contribution in [2.75, 3.05) is 26.4 Å². The number of nitrogens with zero attached hydrogens (tertiary/aromatic N) is 1. The molecule has 3 rings (SSSR count). The zero-order valence-electron chi connectivity index (χ0n) is 16.3. The summed E-state index contributed by atoms with van der Waals surface area (Å²) in [5, 5.41) is 8.71. The summed E-state index contributed by atoms with van der Waals surface area (Å²) in [6, 6.07) is 10.5. The van der Waals surface area contributed by atoms with Crippen LogP contribution in [0.25, 0.3) is 11.1 Å². The van der Waals surface area contributed by atoms with E-state index in [1.165, 1.54) is 12.1 Å². The van der Waals surface area contributed by atoms with Gasteiger partial charge in [0.15, 0.2) is 0 Å². The number of benzene rings is 2. The van der Waals surface area contributed by atoms with Gasteiger partial charge in [-0.25, -0.2) is 13.6 Å². The Balaban J connectivity index is 1.60. The Labute approximate surface area is 168 Å². The van der Waals surface area contributed by atoms with Gasteiger partial charge in [-0.05, 0) is 30.2 Å². The highest BCUT2D eigenvalue weighted by molar-refractivity contribution is 5.69. The number of halogens is 2. The molecule has 29 heavy (non-hydrogen) atoms. The molecule has 2 aromatic rings. The molecule has 0 bridgehead atoms. The monoisotopic (exact) mass is 405 g/mol. The third-order valence-electron chi connectivity index (χ3n) is 5.12. The van der Waals surface area contributed by atoms with Crippen LogP contribution in [0.3, 0.4) is 0 Å². The lowest BCUT2D eigenvalue weighted by molar-refractivity contribution is -0.00582. The van der Waals surface area contributed by atoms with Gasteiger partial charge in [0.2, 0.25) is 0 Å². The summed E-state index contributed by atoms with van der Waals surface area (Å²) in [6.45, 7) is 3.18. The Morgan fingerprint density at radius 2 is 1.97 bits per heavy atom. The highest BCUT2D eigenvalue weighted by Gasteiger charge is 2.30. The molecule has 1 N–H and O–H groups in total. The van der Waals surface area contributed by atoms with Gasteiger partial charge in [0.05, 0.1) is 25.9 Å². The molecule has 0 spiro atoms. The average molecular weight is 405 g/mol. The molecule has 1 saturated heterocycles. The minimum atomic E-state index is -0.613. The van der Waals surface area contributed by atoms with E-state index in [0.717, 1.165) is 11.6 Å². The van der Waals surface area contributed by atoms with Crippen LogP contribution in [0.1, 0.15) is 31.4 Å². The standard InChI is InChI=1S/C22H25F2NO4/c1-15(25-10-8-19(29-22(25)27)9-12-28-13-11-26)16-2-4-17(5-3-16)20-7-6-18(23)14-21(20)24/h2-7,14-15,19,26H,8-13H2,1H3. The zero-order chi connectivity index (χ0) is 20.8. The molecule has 2 atom stereocenters. The normalized spacial score (nSPS) is 17.9. The smallest absolute Gasteiger partial charge is 0.410 e. The fraction of sp³-hybridized carbons (Fsp3) is 0.409. The number of ether oxygens (including phenoxy) is 2. The van der Waals surface area contributed by atoms with Gasteiger partial charge in [-0.2, -0.15) is 0 Å². The molecular formula is C22H25F2NO4. The molecule has 0 aromatic heterocycles. The molecule has 2 unspecified atom stereocenters. The number of hydrogen-bond acceptors (Lipinski definition) is 4. The van der Waals surface area contributed by atoms with Gasteiger partial charge in [-0.3, -0.25) is 0 Å². The highest BCUT2D eigenvalue weighted by atomic mass is 19.1. The third kappa shape index (κ3) is 5.31. The van der Waals surface area contributed by atoms with Crippen LogP contribution in [0.5, 0.6) is 0 Å². The van der Waals surface area contributed by atoms with Crippen LogP contribution < -0.4 is 0 Å². The van der Waals surface area contributed by atoms with E-state index in [1.54, 1.807) is 17.0 Å². The molecule has 2 aromatic carbocycles. The number of hydrogen-bond donors (Lipinski definition) is 1. The molecule has 1 aliphatic rings. The first-order valence-corrected chi connectivity index (χ1v) is 9.71. The Bertz CT molecular complexity index is 828. The van der Waals surface area contributed by atoms with Crippen molar-refractivity contribution in [3.05, 3.63) is 59.7 Å². The first-order valence-electron chi connectivity index (χ1n) is 9.71. The molecular weight excluding hydrogens is 380 g/mol. The van der Waals surface area contributed by atoms with Gasteiger partial charge in [0.1, 0.15) is 17.7 Å². The van der Waals surface area contributed by atoms with Crippen molar-refractivity contribution in [2.24, 2.45) is 0 Å².